The maximum Gasteiger partial charge on any atom is 0.251 e. The van der Waals surface area contributed by atoms with Crippen molar-refractivity contribution in [2.75, 3.05) is 45.5 Å². The second-order valence-corrected chi connectivity index (χ2v) is 8.27. The van der Waals surface area contributed by atoms with Gasteiger partial charge in [0.25, 0.3) is 5.91 Å². The van der Waals surface area contributed by atoms with E-state index in [4.69, 9.17) is 23.2 Å². The highest BCUT2D eigenvalue weighted by Gasteiger charge is 2.22. The molecule has 1 aromatic carbocycles. The Hall–Kier alpha value is -0.570. The first-order valence-corrected chi connectivity index (χ1v) is 9.78. The van der Waals surface area contributed by atoms with Crippen LogP contribution >= 0.6 is 35.6 Å². The van der Waals surface area contributed by atoms with Crippen molar-refractivity contribution in [3.05, 3.63) is 33.8 Å². The predicted octanol–water partition coefficient (Wildman–Crippen LogP) is 1.72. The van der Waals surface area contributed by atoms with Crippen molar-refractivity contribution in [2.45, 2.75) is 0 Å². The van der Waals surface area contributed by atoms with Gasteiger partial charge in [-0.25, -0.2) is 8.42 Å². The summed E-state index contributed by atoms with van der Waals surface area (Å²) < 4.78 is 24.3. The van der Waals surface area contributed by atoms with Crippen molar-refractivity contribution in [3.63, 3.8) is 0 Å². The van der Waals surface area contributed by atoms with Crippen molar-refractivity contribution in [2.24, 2.45) is 0 Å². The monoisotopic (exact) mass is 415 g/mol. The lowest BCUT2D eigenvalue weighted by Crippen LogP contribution is -2.49. The molecule has 0 radical (unpaired) electrons. The number of nitrogens with zero attached hydrogens (tertiary/aromatic N) is 2. The minimum Gasteiger partial charge on any atom is -0.351 e. The Bertz CT molecular complexity index is 657. The number of hydrogen-bond donors (Lipinski definition) is 1. The number of piperazine rings is 1. The lowest BCUT2D eigenvalue weighted by atomic mass is 10.2. The summed E-state index contributed by atoms with van der Waals surface area (Å²) in [4.78, 5) is 14.2. The fourth-order valence-electron chi connectivity index (χ4n) is 2.40. The van der Waals surface area contributed by atoms with Gasteiger partial charge in [0.05, 0.1) is 6.26 Å². The minimum absolute atomic E-state index is 0. The molecule has 1 fully saturated rings. The maximum absolute atomic E-state index is 12.0. The second kappa shape index (κ2) is 9.22. The molecule has 1 heterocycles. The normalized spacial score (nSPS) is 16.5. The van der Waals surface area contributed by atoms with Crippen LogP contribution in [0, 0.1) is 0 Å². The second-order valence-electron chi connectivity index (χ2n) is 5.42. The van der Waals surface area contributed by atoms with E-state index >= 15 is 0 Å². The number of halogens is 3. The molecule has 2 rings (SSSR count). The number of rotatable bonds is 5. The molecular weight excluding hydrogens is 397 g/mol. The smallest absolute Gasteiger partial charge is 0.251 e. The van der Waals surface area contributed by atoms with Crippen LogP contribution in [-0.4, -0.2) is 69.1 Å². The highest BCUT2D eigenvalue weighted by atomic mass is 35.5. The number of sulfonamides is 1. The largest absolute Gasteiger partial charge is 0.351 e. The fraction of sp³-hybridized carbons (Fsp3) is 0.500. The van der Waals surface area contributed by atoms with E-state index in [1.807, 2.05) is 0 Å². The molecule has 1 N–H and O–H groups in total. The van der Waals surface area contributed by atoms with Crippen LogP contribution < -0.4 is 5.32 Å². The molecule has 0 spiro atoms. The van der Waals surface area contributed by atoms with Crippen LogP contribution in [0.2, 0.25) is 10.0 Å². The summed E-state index contributed by atoms with van der Waals surface area (Å²) in [5.41, 5.74) is 0.421. The summed E-state index contributed by atoms with van der Waals surface area (Å²) in [6, 6.07) is 4.70. The zero-order valence-electron chi connectivity index (χ0n) is 13.2. The molecule has 0 atom stereocenters. The van der Waals surface area contributed by atoms with E-state index in [2.05, 4.69) is 10.2 Å². The van der Waals surface area contributed by atoms with E-state index in [0.717, 1.165) is 0 Å². The van der Waals surface area contributed by atoms with Gasteiger partial charge in [0.15, 0.2) is 0 Å². The Morgan fingerprint density at radius 1 is 1.12 bits per heavy atom. The molecule has 1 saturated heterocycles. The quantitative estimate of drug-likeness (QED) is 0.793. The minimum atomic E-state index is -3.12. The third kappa shape index (κ3) is 6.38. The van der Waals surface area contributed by atoms with Gasteiger partial charge in [-0.2, -0.15) is 4.31 Å². The van der Waals surface area contributed by atoms with Gasteiger partial charge in [-0.15, -0.1) is 12.4 Å². The van der Waals surface area contributed by atoms with Crippen LogP contribution in [-0.2, 0) is 10.0 Å². The number of carbonyl (C=O) groups is 1. The first-order chi connectivity index (χ1) is 10.8. The molecule has 1 aromatic rings. The lowest BCUT2D eigenvalue weighted by molar-refractivity contribution is 0.0945. The molecule has 1 aliphatic heterocycles. The van der Waals surface area contributed by atoms with Crippen LogP contribution in [0.25, 0.3) is 0 Å². The van der Waals surface area contributed by atoms with E-state index in [9.17, 15) is 13.2 Å². The summed E-state index contributed by atoms with van der Waals surface area (Å²) >= 11 is 11.7. The van der Waals surface area contributed by atoms with Crippen molar-refractivity contribution >= 4 is 51.5 Å². The molecule has 1 aliphatic rings. The molecule has 0 aromatic heterocycles. The molecule has 0 unspecified atom stereocenters. The number of hydrogen-bond acceptors (Lipinski definition) is 4. The zero-order valence-corrected chi connectivity index (χ0v) is 16.3. The molecule has 136 valence electrons. The molecule has 24 heavy (non-hydrogen) atoms. The van der Waals surface area contributed by atoms with E-state index in [0.29, 0.717) is 54.9 Å². The van der Waals surface area contributed by atoms with Crippen molar-refractivity contribution in [3.8, 4) is 0 Å². The van der Waals surface area contributed by atoms with Gasteiger partial charge in [0, 0.05) is 54.9 Å². The fourth-order valence-corrected chi connectivity index (χ4v) is 3.75. The molecule has 0 aliphatic carbocycles. The average molecular weight is 417 g/mol. The van der Waals surface area contributed by atoms with Gasteiger partial charge in [0.2, 0.25) is 10.0 Å². The standard InChI is InChI=1S/C14H19Cl2N3O3S.ClH/c1-23(21,22)19-6-4-18(5-7-19)3-2-17-14(20)11-8-12(15)10-13(16)9-11;/h8-10H,2-7H2,1H3,(H,17,20);1H. The van der Waals surface area contributed by atoms with E-state index in [-0.39, 0.29) is 18.3 Å². The van der Waals surface area contributed by atoms with Crippen molar-refractivity contribution in [1.29, 1.82) is 0 Å². The summed E-state index contributed by atoms with van der Waals surface area (Å²) in [6.45, 7) is 3.42. The summed E-state index contributed by atoms with van der Waals surface area (Å²) in [6.07, 6.45) is 1.22. The molecular formula is C14H20Cl3N3O3S. The number of nitrogens with one attached hydrogen (secondary N) is 1. The van der Waals surface area contributed by atoms with Crippen LogP contribution in [0.4, 0.5) is 0 Å². The van der Waals surface area contributed by atoms with Gasteiger partial charge < -0.3 is 5.32 Å². The van der Waals surface area contributed by atoms with E-state index in [1.165, 1.54) is 10.6 Å². The Morgan fingerprint density at radius 3 is 2.17 bits per heavy atom. The average Bonchev–Trinajstić information content (AvgIpc) is 2.45. The molecule has 0 bridgehead atoms. The van der Waals surface area contributed by atoms with Crippen LogP contribution in [0.15, 0.2) is 18.2 Å². The van der Waals surface area contributed by atoms with Crippen LogP contribution in [0.1, 0.15) is 10.4 Å². The maximum atomic E-state index is 12.0. The third-order valence-electron chi connectivity index (χ3n) is 3.64. The van der Waals surface area contributed by atoms with Gasteiger partial charge in [-0.1, -0.05) is 23.2 Å². The molecule has 1 amide bonds. The summed E-state index contributed by atoms with van der Waals surface area (Å²) in [5, 5.41) is 3.64. The molecule has 6 nitrogen and oxygen atoms in total. The SMILES string of the molecule is CS(=O)(=O)N1CCN(CCNC(=O)c2cc(Cl)cc(Cl)c2)CC1.Cl. The van der Waals surface area contributed by atoms with Gasteiger partial charge in [-0.3, -0.25) is 9.69 Å². The Kier molecular flexibility index (Phi) is 8.25. The molecule has 10 heteroatoms. The molecule has 0 saturated carbocycles. The topological polar surface area (TPSA) is 69.7 Å². The number of amides is 1. The van der Waals surface area contributed by atoms with Crippen molar-refractivity contribution in [1.82, 2.24) is 14.5 Å². The highest BCUT2D eigenvalue weighted by molar-refractivity contribution is 7.88. The third-order valence-corrected chi connectivity index (χ3v) is 5.38. The van der Waals surface area contributed by atoms with Gasteiger partial charge >= 0.3 is 0 Å². The van der Waals surface area contributed by atoms with Gasteiger partial charge in [-0.05, 0) is 18.2 Å². The van der Waals surface area contributed by atoms with Crippen LogP contribution in [0.5, 0.6) is 0 Å². The highest BCUT2D eigenvalue weighted by Crippen LogP contribution is 2.18. The Morgan fingerprint density at radius 2 is 1.67 bits per heavy atom. The van der Waals surface area contributed by atoms with Gasteiger partial charge in [0.1, 0.15) is 0 Å². The van der Waals surface area contributed by atoms with E-state index in [1.54, 1.807) is 18.2 Å². The first-order valence-electron chi connectivity index (χ1n) is 7.17. The van der Waals surface area contributed by atoms with Crippen LogP contribution in [0.3, 0.4) is 0 Å². The first kappa shape index (κ1) is 21.5. The Labute approximate surface area is 158 Å². The zero-order chi connectivity index (χ0) is 17.0. The summed E-state index contributed by atoms with van der Waals surface area (Å²) in [5.74, 6) is -0.232. The predicted molar refractivity (Wildman–Crippen MR) is 98.9 cm³/mol. The Balaban J connectivity index is 0.00000288. The number of benzene rings is 1. The van der Waals surface area contributed by atoms with E-state index < -0.39 is 10.0 Å². The van der Waals surface area contributed by atoms with Crippen molar-refractivity contribution < 1.29 is 13.2 Å². The summed E-state index contributed by atoms with van der Waals surface area (Å²) in [7, 11) is -3.12. The number of carbonyl (C=O) groups excluding carboxylic acids is 1. The lowest BCUT2D eigenvalue weighted by Gasteiger charge is -2.33.